The highest BCUT2D eigenvalue weighted by Gasteiger charge is 2.32. The highest BCUT2D eigenvalue weighted by Crippen LogP contribution is 2.29. The Morgan fingerprint density at radius 3 is 2.26 bits per heavy atom. The second-order valence-corrected chi connectivity index (χ2v) is 7.69. The molecule has 154 valence electrons. The molecule has 0 unspecified atom stereocenters. The number of thioether (sulfide) groups is 1. The fourth-order valence-electron chi connectivity index (χ4n) is 3.09. The predicted octanol–water partition coefficient (Wildman–Crippen LogP) is 5.06. The molecule has 0 fully saturated rings. The van der Waals surface area contributed by atoms with Gasteiger partial charge in [-0.2, -0.15) is 0 Å². The number of hydrogen-bond donors (Lipinski definition) is 0. The second kappa shape index (κ2) is 9.45. The van der Waals surface area contributed by atoms with Crippen molar-refractivity contribution in [1.82, 2.24) is 0 Å². The van der Waals surface area contributed by atoms with E-state index in [0.717, 1.165) is 11.3 Å². The second-order valence-electron chi connectivity index (χ2n) is 6.75. The summed E-state index contributed by atoms with van der Waals surface area (Å²) < 4.78 is 5.18. The molecule has 1 heterocycles. The molecule has 0 saturated heterocycles. The first-order valence-electron chi connectivity index (χ1n) is 9.71. The standard InChI is InChI=1S/C25H20N2O3S/c1-30-21-14-12-18(13-15-21)16-22-24(29)27(20-10-6-3-7-11-20)25(26-22)31-17-23(28)19-8-4-2-5-9-19/h2-16H,17H2,1H3/b22-16+. The Morgan fingerprint density at radius 2 is 1.61 bits per heavy atom. The highest BCUT2D eigenvalue weighted by molar-refractivity contribution is 8.14. The summed E-state index contributed by atoms with van der Waals surface area (Å²) in [5, 5.41) is 0.486. The predicted molar refractivity (Wildman–Crippen MR) is 126 cm³/mol. The van der Waals surface area contributed by atoms with Crippen LogP contribution in [0.4, 0.5) is 5.69 Å². The average Bonchev–Trinajstić information content (AvgIpc) is 3.14. The summed E-state index contributed by atoms with van der Waals surface area (Å²) in [6.45, 7) is 0. The van der Waals surface area contributed by atoms with E-state index in [-0.39, 0.29) is 17.4 Å². The molecule has 0 radical (unpaired) electrons. The van der Waals surface area contributed by atoms with Gasteiger partial charge in [0, 0.05) is 5.56 Å². The van der Waals surface area contributed by atoms with Gasteiger partial charge in [-0.15, -0.1) is 0 Å². The van der Waals surface area contributed by atoms with Crippen LogP contribution in [-0.4, -0.2) is 29.7 Å². The van der Waals surface area contributed by atoms with Gasteiger partial charge in [-0.25, -0.2) is 4.99 Å². The fourth-order valence-corrected chi connectivity index (χ4v) is 4.00. The van der Waals surface area contributed by atoms with Gasteiger partial charge < -0.3 is 4.74 Å². The molecular formula is C25H20N2O3S. The number of ether oxygens (including phenoxy) is 1. The molecule has 0 atom stereocenters. The number of hydrogen-bond acceptors (Lipinski definition) is 5. The van der Waals surface area contributed by atoms with Crippen LogP contribution < -0.4 is 9.64 Å². The minimum Gasteiger partial charge on any atom is -0.497 e. The normalized spacial score (nSPS) is 14.6. The van der Waals surface area contributed by atoms with Crippen LogP contribution in [0.2, 0.25) is 0 Å². The Balaban J connectivity index is 1.61. The number of benzene rings is 3. The minimum absolute atomic E-state index is 0.0126. The third-order valence-corrected chi connectivity index (χ3v) is 5.63. The number of amides is 1. The van der Waals surface area contributed by atoms with Gasteiger partial charge >= 0.3 is 0 Å². The maximum absolute atomic E-state index is 13.2. The summed E-state index contributed by atoms with van der Waals surface area (Å²) in [5.41, 5.74) is 2.51. The molecule has 3 aromatic rings. The largest absolute Gasteiger partial charge is 0.497 e. The van der Waals surface area contributed by atoms with Gasteiger partial charge in [0.15, 0.2) is 11.0 Å². The number of ketones is 1. The van der Waals surface area contributed by atoms with E-state index in [2.05, 4.69) is 4.99 Å². The Kier molecular flexibility index (Phi) is 6.29. The van der Waals surface area contributed by atoms with Crippen LogP contribution >= 0.6 is 11.8 Å². The van der Waals surface area contributed by atoms with E-state index in [0.29, 0.717) is 22.1 Å². The summed E-state index contributed by atoms with van der Waals surface area (Å²) in [7, 11) is 1.61. The van der Waals surface area contributed by atoms with Crippen LogP contribution in [0.3, 0.4) is 0 Å². The molecule has 1 amide bonds. The van der Waals surface area contributed by atoms with Crippen LogP contribution in [0.5, 0.6) is 5.75 Å². The molecule has 0 aromatic heterocycles. The Bertz CT molecular complexity index is 1140. The smallest absolute Gasteiger partial charge is 0.283 e. The topological polar surface area (TPSA) is 59.0 Å². The highest BCUT2D eigenvalue weighted by atomic mass is 32.2. The zero-order valence-corrected chi connectivity index (χ0v) is 17.7. The minimum atomic E-state index is -0.225. The van der Waals surface area contributed by atoms with Crippen LogP contribution in [0.25, 0.3) is 6.08 Å². The van der Waals surface area contributed by atoms with Gasteiger partial charge in [-0.1, -0.05) is 72.4 Å². The van der Waals surface area contributed by atoms with Crippen LogP contribution in [0, 0.1) is 0 Å². The van der Waals surface area contributed by atoms with E-state index in [1.165, 1.54) is 11.8 Å². The van der Waals surface area contributed by atoms with E-state index >= 15 is 0 Å². The van der Waals surface area contributed by atoms with Crippen molar-refractivity contribution in [3.8, 4) is 5.75 Å². The molecule has 5 nitrogen and oxygen atoms in total. The Morgan fingerprint density at radius 1 is 0.968 bits per heavy atom. The summed E-state index contributed by atoms with van der Waals surface area (Å²) in [6.07, 6.45) is 1.74. The van der Waals surface area contributed by atoms with E-state index in [4.69, 9.17) is 4.74 Å². The number of amidine groups is 1. The molecule has 3 aromatic carbocycles. The molecule has 0 aliphatic carbocycles. The number of carbonyl (C=O) groups excluding carboxylic acids is 2. The van der Waals surface area contributed by atoms with Gasteiger partial charge in [-0.05, 0) is 35.9 Å². The zero-order valence-electron chi connectivity index (χ0n) is 16.9. The third-order valence-electron chi connectivity index (χ3n) is 4.69. The van der Waals surface area contributed by atoms with Crippen molar-refractivity contribution in [3.05, 3.63) is 102 Å². The molecule has 6 heteroatoms. The van der Waals surface area contributed by atoms with Gasteiger partial charge in [0.25, 0.3) is 5.91 Å². The van der Waals surface area contributed by atoms with Crippen molar-refractivity contribution >= 4 is 40.4 Å². The van der Waals surface area contributed by atoms with Gasteiger partial charge in [0.1, 0.15) is 11.4 Å². The van der Waals surface area contributed by atoms with E-state index in [9.17, 15) is 9.59 Å². The first-order chi connectivity index (χ1) is 15.2. The third kappa shape index (κ3) is 4.75. The Hall–Kier alpha value is -3.64. The quantitative estimate of drug-likeness (QED) is 0.407. The number of methoxy groups -OCH3 is 1. The first kappa shape index (κ1) is 20.6. The molecule has 0 saturated carbocycles. The number of rotatable bonds is 6. The maximum Gasteiger partial charge on any atom is 0.283 e. The molecule has 31 heavy (non-hydrogen) atoms. The van der Waals surface area contributed by atoms with Crippen molar-refractivity contribution in [2.75, 3.05) is 17.8 Å². The molecule has 0 bridgehead atoms. The lowest BCUT2D eigenvalue weighted by Gasteiger charge is -2.17. The lowest BCUT2D eigenvalue weighted by atomic mass is 10.2. The van der Waals surface area contributed by atoms with Gasteiger partial charge in [0.2, 0.25) is 0 Å². The molecule has 1 aliphatic rings. The number of nitrogens with zero attached hydrogens (tertiary/aromatic N) is 2. The number of para-hydroxylation sites is 1. The van der Waals surface area contributed by atoms with Crippen molar-refractivity contribution < 1.29 is 14.3 Å². The summed E-state index contributed by atoms with van der Waals surface area (Å²) >= 11 is 1.26. The lowest BCUT2D eigenvalue weighted by molar-refractivity contribution is -0.113. The van der Waals surface area contributed by atoms with Gasteiger partial charge in [0.05, 0.1) is 18.6 Å². The number of Topliss-reactive ketones (excluding diaryl/α,β-unsaturated/α-hetero) is 1. The summed E-state index contributed by atoms with van der Waals surface area (Å²) in [4.78, 5) is 31.8. The van der Waals surface area contributed by atoms with Crippen molar-refractivity contribution in [2.24, 2.45) is 4.99 Å². The Labute approximate surface area is 185 Å². The summed E-state index contributed by atoms with van der Waals surface area (Å²) in [5.74, 6) is 0.693. The van der Waals surface area contributed by atoms with Crippen molar-refractivity contribution in [2.45, 2.75) is 0 Å². The van der Waals surface area contributed by atoms with Crippen LogP contribution in [-0.2, 0) is 4.79 Å². The maximum atomic E-state index is 13.2. The monoisotopic (exact) mass is 428 g/mol. The zero-order chi connectivity index (χ0) is 21.6. The van der Waals surface area contributed by atoms with Crippen molar-refractivity contribution in [3.63, 3.8) is 0 Å². The van der Waals surface area contributed by atoms with Crippen molar-refractivity contribution in [1.29, 1.82) is 0 Å². The van der Waals surface area contributed by atoms with Crippen LogP contribution in [0.1, 0.15) is 15.9 Å². The lowest BCUT2D eigenvalue weighted by Crippen LogP contribution is -2.30. The van der Waals surface area contributed by atoms with E-state index < -0.39 is 0 Å². The van der Waals surface area contributed by atoms with E-state index in [1.807, 2.05) is 72.8 Å². The van der Waals surface area contributed by atoms with E-state index in [1.54, 1.807) is 30.2 Å². The van der Waals surface area contributed by atoms with Gasteiger partial charge in [-0.3, -0.25) is 14.5 Å². The molecule has 4 rings (SSSR count). The molecular weight excluding hydrogens is 408 g/mol. The number of carbonyl (C=O) groups is 2. The number of anilines is 1. The number of aliphatic imine (C=N–C) groups is 1. The summed E-state index contributed by atoms with van der Waals surface area (Å²) in [6, 6.07) is 25.8. The SMILES string of the molecule is COc1ccc(/C=C2/N=C(SCC(=O)c3ccccc3)N(c3ccccc3)C2=O)cc1. The molecule has 0 spiro atoms. The molecule has 1 aliphatic heterocycles. The molecule has 0 N–H and O–H groups in total. The first-order valence-corrected chi connectivity index (χ1v) is 10.7. The van der Waals surface area contributed by atoms with Crippen LogP contribution in [0.15, 0.2) is 95.6 Å². The fraction of sp³-hybridized carbons (Fsp3) is 0.0800. The average molecular weight is 429 g/mol.